The summed E-state index contributed by atoms with van der Waals surface area (Å²) in [7, 11) is 0. The lowest BCUT2D eigenvalue weighted by molar-refractivity contribution is 0.271. The van der Waals surface area contributed by atoms with E-state index in [0.717, 1.165) is 50.0 Å². The number of aliphatic hydroxyl groups excluding tert-OH is 1. The molecule has 5 heteroatoms. The predicted molar refractivity (Wildman–Crippen MR) is 87.4 cm³/mol. The fourth-order valence-corrected chi connectivity index (χ4v) is 3.41. The largest absolute Gasteiger partial charge is 0.390 e. The van der Waals surface area contributed by atoms with E-state index in [0.29, 0.717) is 0 Å². The quantitative estimate of drug-likeness (QED) is 0.936. The molecule has 2 aromatic rings. The number of imidazole rings is 1. The van der Waals surface area contributed by atoms with Crippen molar-refractivity contribution >= 4 is 11.3 Å². The Bertz CT molecular complexity index is 669. The van der Waals surface area contributed by atoms with Gasteiger partial charge in [-0.1, -0.05) is 6.92 Å². The van der Waals surface area contributed by atoms with Crippen LogP contribution in [0.4, 0.5) is 5.69 Å². The normalized spacial score (nSPS) is 20.0. The van der Waals surface area contributed by atoms with Gasteiger partial charge in [0, 0.05) is 38.6 Å². The zero-order valence-electron chi connectivity index (χ0n) is 13.2. The van der Waals surface area contributed by atoms with Crippen molar-refractivity contribution in [2.24, 2.45) is 0 Å². The fraction of sp³-hybridized carbons (Fsp3) is 0.588. The molecule has 3 heterocycles. The molecule has 4 rings (SSSR count). The Morgan fingerprint density at radius 2 is 1.95 bits per heavy atom. The second-order valence-corrected chi connectivity index (χ2v) is 6.48. The predicted octanol–water partition coefficient (Wildman–Crippen LogP) is 1.85. The highest BCUT2D eigenvalue weighted by molar-refractivity contribution is 5.71. The van der Waals surface area contributed by atoms with Gasteiger partial charge in [0.25, 0.3) is 0 Å². The Hall–Kier alpha value is -1.59. The number of hydrogen-bond donors (Lipinski definition) is 1. The number of rotatable bonds is 4. The standard InChI is InChI=1S/C17H24N4O/c1-2-19-5-7-20(8-6-19)16-9-14(13-3-4-13)10-21-11-15(12-22)18-17(16)21/h9-11,13,22H,2-8,12H2,1H3. The van der Waals surface area contributed by atoms with Crippen LogP contribution in [0.1, 0.15) is 36.9 Å². The third-order valence-corrected chi connectivity index (χ3v) is 4.97. The Balaban J connectivity index is 1.72. The fourth-order valence-electron chi connectivity index (χ4n) is 3.41. The number of fused-ring (bicyclic) bond motifs is 1. The van der Waals surface area contributed by atoms with Gasteiger partial charge >= 0.3 is 0 Å². The molecular formula is C17H24N4O. The third-order valence-electron chi connectivity index (χ3n) is 4.97. The van der Waals surface area contributed by atoms with E-state index in [9.17, 15) is 5.11 Å². The van der Waals surface area contributed by atoms with Crippen molar-refractivity contribution in [2.75, 3.05) is 37.6 Å². The van der Waals surface area contributed by atoms with Crippen LogP contribution in [0.2, 0.25) is 0 Å². The zero-order chi connectivity index (χ0) is 15.1. The van der Waals surface area contributed by atoms with Crippen molar-refractivity contribution < 1.29 is 5.11 Å². The average molecular weight is 300 g/mol. The zero-order valence-corrected chi connectivity index (χ0v) is 13.2. The van der Waals surface area contributed by atoms with Gasteiger partial charge in [0.1, 0.15) is 0 Å². The van der Waals surface area contributed by atoms with Crippen molar-refractivity contribution in [3.63, 3.8) is 0 Å². The van der Waals surface area contributed by atoms with E-state index < -0.39 is 0 Å². The van der Waals surface area contributed by atoms with E-state index in [-0.39, 0.29) is 6.61 Å². The van der Waals surface area contributed by atoms with E-state index in [1.807, 2.05) is 6.20 Å². The second kappa shape index (κ2) is 5.56. The molecule has 1 N–H and O–H groups in total. The Morgan fingerprint density at radius 1 is 1.18 bits per heavy atom. The minimum Gasteiger partial charge on any atom is -0.390 e. The molecule has 2 aromatic heterocycles. The molecule has 0 aromatic carbocycles. The SMILES string of the molecule is CCN1CCN(c2cc(C3CC3)cn3cc(CO)nc23)CC1. The lowest BCUT2D eigenvalue weighted by Gasteiger charge is -2.35. The summed E-state index contributed by atoms with van der Waals surface area (Å²) >= 11 is 0. The van der Waals surface area contributed by atoms with Crippen molar-refractivity contribution in [2.45, 2.75) is 32.3 Å². The van der Waals surface area contributed by atoms with Gasteiger partial charge in [-0.3, -0.25) is 0 Å². The first-order valence-corrected chi connectivity index (χ1v) is 8.38. The van der Waals surface area contributed by atoms with Gasteiger partial charge < -0.3 is 19.3 Å². The summed E-state index contributed by atoms with van der Waals surface area (Å²) in [5.74, 6) is 0.722. The maximum Gasteiger partial charge on any atom is 0.160 e. The molecule has 1 aliphatic carbocycles. The molecule has 2 fully saturated rings. The Labute approximate surface area is 131 Å². The monoisotopic (exact) mass is 300 g/mol. The molecule has 1 aliphatic heterocycles. The number of hydrogen-bond acceptors (Lipinski definition) is 4. The van der Waals surface area contributed by atoms with Crippen LogP contribution >= 0.6 is 0 Å². The van der Waals surface area contributed by atoms with E-state index in [4.69, 9.17) is 0 Å². The topological polar surface area (TPSA) is 44.0 Å². The highest BCUT2D eigenvalue weighted by Crippen LogP contribution is 2.41. The van der Waals surface area contributed by atoms with Gasteiger partial charge in [-0.15, -0.1) is 0 Å². The summed E-state index contributed by atoms with van der Waals surface area (Å²) < 4.78 is 2.11. The lowest BCUT2D eigenvalue weighted by atomic mass is 10.1. The van der Waals surface area contributed by atoms with Gasteiger partial charge in [-0.05, 0) is 36.9 Å². The van der Waals surface area contributed by atoms with Crippen molar-refractivity contribution in [1.29, 1.82) is 0 Å². The van der Waals surface area contributed by atoms with Crippen LogP contribution in [0.25, 0.3) is 5.65 Å². The van der Waals surface area contributed by atoms with Crippen molar-refractivity contribution in [3.05, 3.63) is 29.7 Å². The molecule has 0 spiro atoms. The summed E-state index contributed by atoms with van der Waals surface area (Å²) in [4.78, 5) is 9.57. The number of aromatic nitrogens is 2. The van der Waals surface area contributed by atoms with Gasteiger partial charge in [0.2, 0.25) is 0 Å². The van der Waals surface area contributed by atoms with E-state index in [1.165, 1.54) is 24.1 Å². The van der Waals surface area contributed by atoms with Crippen LogP contribution in [-0.2, 0) is 6.61 Å². The summed E-state index contributed by atoms with van der Waals surface area (Å²) in [6.07, 6.45) is 6.77. The number of anilines is 1. The molecule has 0 radical (unpaired) electrons. The third kappa shape index (κ3) is 2.48. The molecule has 0 unspecified atom stereocenters. The van der Waals surface area contributed by atoms with Crippen LogP contribution in [0.15, 0.2) is 18.5 Å². The molecule has 5 nitrogen and oxygen atoms in total. The van der Waals surface area contributed by atoms with E-state index >= 15 is 0 Å². The molecule has 1 saturated heterocycles. The molecule has 2 aliphatic rings. The second-order valence-electron chi connectivity index (χ2n) is 6.48. The molecular weight excluding hydrogens is 276 g/mol. The molecule has 0 atom stereocenters. The number of pyridine rings is 1. The van der Waals surface area contributed by atoms with Gasteiger partial charge in [0.05, 0.1) is 18.0 Å². The first kappa shape index (κ1) is 14.0. The highest BCUT2D eigenvalue weighted by Gasteiger charge is 2.27. The first-order chi connectivity index (χ1) is 10.8. The number of piperazine rings is 1. The lowest BCUT2D eigenvalue weighted by Crippen LogP contribution is -2.46. The number of likely N-dealkylation sites (N-methyl/N-ethyl adjacent to an activating group) is 1. The number of nitrogens with zero attached hydrogens (tertiary/aromatic N) is 4. The molecule has 22 heavy (non-hydrogen) atoms. The number of aliphatic hydroxyl groups is 1. The Kier molecular flexibility index (Phi) is 3.54. The van der Waals surface area contributed by atoms with Crippen LogP contribution in [0.3, 0.4) is 0 Å². The van der Waals surface area contributed by atoms with Gasteiger partial charge in [-0.2, -0.15) is 0 Å². The molecule has 0 bridgehead atoms. The summed E-state index contributed by atoms with van der Waals surface area (Å²) in [6.45, 7) is 7.70. The minimum atomic E-state index is 0.00347. The summed E-state index contributed by atoms with van der Waals surface area (Å²) in [6, 6.07) is 2.34. The van der Waals surface area contributed by atoms with Gasteiger partial charge in [0.15, 0.2) is 5.65 Å². The Morgan fingerprint density at radius 3 is 2.59 bits per heavy atom. The highest BCUT2D eigenvalue weighted by atomic mass is 16.3. The molecule has 118 valence electrons. The van der Waals surface area contributed by atoms with Crippen LogP contribution < -0.4 is 4.90 Å². The van der Waals surface area contributed by atoms with Crippen molar-refractivity contribution in [1.82, 2.24) is 14.3 Å². The van der Waals surface area contributed by atoms with Crippen LogP contribution in [0, 0.1) is 0 Å². The average Bonchev–Trinajstić information content (AvgIpc) is 3.33. The minimum absolute atomic E-state index is 0.00347. The molecule has 1 saturated carbocycles. The smallest absolute Gasteiger partial charge is 0.160 e. The molecule has 0 amide bonds. The maximum absolute atomic E-state index is 9.40. The van der Waals surface area contributed by atoms with E-state index in [2.05, 4.69) is 38.4 Å². The summed E-state index contributed by atoms with van der Waals surface area (Å²) in [5.41, 5.74) is 4.39. The van der Waals surface area contributed by atoms with Crippen LogP contribution in [0.5, 0.6) is 0 Å². The first-order valence-electron chi connectivity index (χ1n) is 8.38. The maximum atomic E-state index is 9.40. The van der Waals surface area contributed by atoms with Gasteiger partial charge in [-0.25, -0.2) is 4.98 Å². The van der Waals surface area contributed by atoms with Crippen molar-refractivity contribution in [3.8, 4) is 0 Å². The van der Waals surface area contributed by atoms with Crippen LogP contribution in [-0.4, -0.2) is 52.1 Å². The van der Waals surface area contributed by atoms with E-state index in [1.54, 1.807) is 0 Å². The summed E-state index contributed by atoms with van der Waals surface area (Å²) in [5, 5.41) is 9.40.